The SMILES string of the molecule is C[C@H]1O[C@@H](O[C@H]2[C@H](O[C@H]3CC[C@]4(C)C5=C[C@H](O)[C@]67C(=O)O[C@@](C)(C/C=C/C(C)(C)O)[C@@]6(O)CC[C@@]7(C)[C@@H]5CCC4C3(C)C)OC[C@@H](OS(=O)(=O)O)[C@@H]2O)[C@H](O)[C@@H](O)[C@@H]1O. The maximum Gasteiger partial charge on any atom is 0.397 e. The smallest absolute Gasteiger partial charge is 0.397 e. The monoisotopic (exact) mass is 860 g/mol. The van der Waals surface area contributed by atoms with Gasteiger partial charge in [-0.05, 0) is 94.3 Å². The van der Waals surface area contributed by atoms with Gasteiger partial charge in [0.2, 0.25) is 0 Å². The average molecular weight is 861 g/mol. The topological polar surface area (TPSA) is 268 Å². The molecule has 18 heteroatoms. The molecule has 0 aromatic heterocycles. The summed E-state index contributed by atoms with van der Waals surface area (Å²) in [6.45, 7) is 14.2. The van der Waals surface area contributed by atoms with Crippen LogP contribution in [0.25, 0.3) is 0 Å². The van der Waals surface area contributed by atoms with Crippen molar-refractivity contribution in [2.75, 3.05) is 6.61 Å². The highest BCUT2D eigenvalue weighted by Gasteiger charge is 2.85. The van der Waals surface area contributed by atoms with E-state index in [1.807, 2.05) is 6.92 Å². The molecule has 1 spiro atoms. The minimum atomic E-state index is -5.05. The number of ether oxygens (including phenoxy) is 5. The predicted molar refractivity (Wildman–Crippen MR) is 205 cm³/mol. The molecule has 18 atom stereocenters. The molecular formula is C41H64O17S. The van der Waals surface area contributed by atoms with Gasteiger partial charge < -0.3 is 59.4 Å². The van der Waals surface area contributed by atoms with Crippen LogP contribution in [0.15, 0.2) is 23.8 Å². The lowest BCUT2D eigenvalue weighted by Gasteiger charge is -2.64. The minimum absolute atomic E-state index is 0.0429. The van der Waals surface area contributed by atoms with Gasteiger partial charge in [0, 0.05) is 6.42 Å². The number of aliphatic hydroxyl groups excluding tert-OH is 5. The zero-order chi connectivity index (χ0) is 43.7. The number of hydrogen-bond acceptors (Lipinski definition) is 16. The third-order valence-corrected chi connectivity index (χ3v) is 16.4. The Morgan fingerprint density at radius 1 is 0.915 bits per heavy atom. The van der Waals surface area contributed by atoms with Crippen molar-refractivity contribution in [2.45, 2.75) is 185 Å². The van der Waals surface area contributed by atoms with Crippen LogP contribution in [0.1, 0.15) is 100 Å². The first kappa shape index (κ1) is 45.4. The first-order chi connectivity index (χ1) is 27.1. The van der Waals surface area contributed by atoms with E-state index in [0.717, 1.165) is 5.57 Å². The number of allylic oxidation sites excluding steroid dienone is 1. The molecule has 59 heavy (non-hydrogen) atoms. The number of carbonyl (C=O) groups excluding carboxylic acids is 1. The Kier molecular flexibility index (Phi) is 11.3. The Labute approximate surface area is 345 Å². The summed E-state index contributed by atoms with van der Waals surface area (Å²) in [4.78, 5) is 14.3. The molecule has 0 amide bonds. The van der Waals surface area contributed by atoms with Crippen molar-refractivity contribution in [2.24, 2.45) is 33.5 Å². The van der Waals surface area contributed by atoms with Crippen LogP contribution >= 0.6 is 0 Å². The second-order valence-corrected chi connectivity index (χ2v) is 21.2. The molecule has 0 aromatic rings. The molecule has 4 aliphatic carbocycles. The summed E-state index contributed by atoms with van der Waals surface area (Å²) in [5.41, 5.74) is -6.67. The van der Waals surface area contributed by atoms with Gasteiger partial charge in [-0.15, -0.1) is 0 Å². The molecule has 3 heterocycles. The number of rotatable bonds is 9. The first-order valence-corrected chi connectivity index (χ1v) is 22.2. The van der Waals surface area contributed by atoms with E-state index in [0.29, 0.717) is 32.1 Å². The van der Waals surface area contributed by atoms with Gasteiger partial charge in [-0.2, -0.15) is 8.42 Å². The van der Waals surface area contributed by atoms with Gasteiger partial charge in [-0.1, -0.05) is 51.5 Å². The van der Waals surface area contributed by atoms with Crippen LogP contribution < -0.4 is 0 Å². The molecular weight excluding hydrogens is 797 g/mol. The third-order valence-electron chi connectivity index (χ3n) is 15.9. The highest BCUT2D eigenvalue weighted by Crippen LogP contribution is 2.77. The minimum Gasteiger partial charge on any atom is -0.455 e. The van der Waals surface area contributed by atoms with Gasteiger partial charge in [0.15, 0.2) is 12.6 Å². The number of esters is 1. The quantitative estimate of drug-likeness (QED) is 0.0700. The predicted octanol–water partition coefficient (Wildman–Crippen LogP) is 1.19. The summed E-state index contributed by atoms with van der Waals surface area (Å²) < 4.78 is 67.6. The van der Waals surface area contributed by atoms with Gasteiger partial charge >= 0.3 is 16.4 Å². The molecule has 7 aliphatic rings. The van der Waals surface area contributed by atoms with Crippen molar-refractivity contribution in [3.63, 3.8) is 0 Å². The van der Waals surface area contributed by atoms with Crippen LogP contribution in [0.3, 0.4) is 0 Å². The van der Waals surface area contributed by atoms with E-state index in [1.54, 1.807) is 39.0 Å². The van der Waals surface area contributed by atoms with Gasteiger partial charge in [-0.3, -0.25) is 9.35 Å². The van der Waals surface area contributed by atoms with Crippen molar-refractivity contribution in [1.29, 1.82) is 0 Å². The molecule has 8 N–H and O–H groups in total. The van der Waals surface area contributed by atoms with Crippen LogP contribution in [-0.2, 0) is 43.1 Å². The summed E-state index contributed by atoms with van der Waals surface area (Å²) >= 11 is 0. The lowest BCUT2D eigenvalue weighted by molar-refractivity contribution is -0.362. The summed E-state index contributed by atoms with van der Waals surface area (Å²) in [5.74, 6) is -0.823. The van der Waals surface area contributed by atoms with Crippen molar-refractivity contribution in [3.8, 4) is 0 Å². The number of carbonyl (C=O) groups is 1. The van der Waals surface area contributed by atoms with Crippen LogP contribution in [0.4, 0.5) is 0 Å². The van der Waals surface area contributed by atoms with Crippen molar-refractivity contribution < 1.29 is 81.4 Å². The van der Waals surface area contributed by atoms with E-state index in [4.69, 9.17) is 23.7 Å². The fourth-order valence-corrected chi connectivity index (χ4v) is 13.3. The summed E-state index contributed by atoms with van der Waals surface area (Å²) in [5, 5.41) is 78.1. The Bertz CT molecular complexity index is 1810. The van der Waals surface area contributed by atoms with Crippen LogP contribution in [-0.4, -0.2) is 146 Å². The largest absolute Gasteiger partial charge is 0.455 e. The second-order valence-electron chi connectivity index (χ2n) is 20.2. The van der Waals surface area contributed by atoms with Gasteiger partial charge in [0.1, 0.15) is 53.2 Å². The molecule has 6 fully saturated rings. The number of cyclic esters (lactones) is 1. The fourth-order valence-electron chi connectivity index (χ4n) is 12.8. The van der Waals surface area contributed by atoms with Gasteiger partial charge in [-0.25, -0.2) is 4.18 Å². The molecule has 336 valence electrons. The number of fused-ring (bicyclic) bond motifs is 4. The van der Waals surface area contributed by atoms with Crippen LogP contribution in [0.2, 0.25) is 0 Å². The summed E-state index contributed by atoms with van der Waals surface area (Å²) in [6.07, 6.45) is -7.39. The van der Waals surface area contributed by atoms with E-state index in [1.165, 1.54) is 6.92 Å². The maximum absolute atomic E-state index is 14.3. The van der Waals surface area contributed by atoms with Gasteiger partial charge in [0.25, 0.3) is 0 Å². The van der Waals surface area contributed by atoms with E-state index in [-0.39, 0.29) is 24.7 Å². The second kappa shape index (κ2) is 14.7. The average Bonchev–Trinajstić information content (AvgIpc) is 3.48. The normalized spacial score (nSPS) is 51.0. The first-order valence-electron chi connectivity index (χ1n) is 20.8. The molecule has 0 aromatic carbocycles. The van der Waals surface area contributed by atoms with Crippen molar-refractivity contribution in [3.05, 3.63) is 23.8 Å². The standard InChI is InChI=1S/C41H64O17S/c1-20-27(43)29(45)30(46)32(54-20)56-31-28(44)23(58-59(50,51)52)19-53-33(31)55-26-12-15-37(6)22-18-25(42)41-34(47)57-39(8,14-9-13-35(2,3)48)40(41,49)17-16-38(41,7)21(22)10-11-24(37)36(26,4)5/h9,13,18,20-21,23-33,42-46,48-49H,10-12,14-17,19H2,1-8H3,(H,50,51,52)/b13-9+/t20-,21-,23-,24?,25+,26+,27-,28+,29+,30-,31-,32+,33+,37-,38+,39+,40+,41-/m1/s1. The lowest BCUT2D eigenvalue weighted by Crippen LogP contribution is -2.68. The lowest BCUT2D eigenvalue weighted by atomic mass is 9.40. The van der Waals surface area contributed by atoms with Crippen molar-refractivity contribution in [1.82, 2.24) is 0 Å². The Morgan fingerprint density at radius 3 is 2.24 bits per heavy atom. The fraction of sp³-hybridized carbons (Fsp3) is 0.878. The molecule has 0 bridgehead atoms. The number of aliphatic hydroxyl groups is 7. The Morgan fingerprint density at radius 2 is 1.59 bits per heavy atom. The van der Waals surface area contributed by atoms with E-state index in [2.05, 4.69) is 25.0 Å². The molecule has 0 radical (unpaired) electrons. The van der Waals surface area contributed by atoms with Crippen LogP contribution in [0, 0.1) is 33.5 Å². The molecule has 3 saturated heterocycles. The zero-order valence-electron chi connectivity index (χ0n) is 35.1. The maximum atomic E-state index is 14.3. The molecule has 7 rings (SSSR count). The number of hydrogen-bond donors (Lipinski definition) is 8. The van der Waals surface area contributed by atoms with E-state index in [9.17, 15) is 53.5 Å². The summed E-state index contributed by atoms with van der Waals surface area (Å²) in [6, 6.07) is 0. The Balaban J connectivity index is 1.16. The molecule has 17 nitrogen and oxygen atoms in total. The zero-order valence-corrected chi connectivity index (χ0v) is 35.9. The van der Waals surface area contributed by atoms with E-state index < -0.39 is 129 Å². The highest BCUT2D eigenvalue weighted by molar-refractivity contribution is 7.80. The van der Waals surface area contributed by atoms with Crippen LogP contribution in [0.5, 0.6) is 0 Å². The third kappa shape index (κ3) is 6.82. The molecule has 3 saturated carbocycles. The van der Waals surface area contributed by atoms with E-state index >= 15 is 0 Å². The Hall–Kier alpha value is -1.62. The van der Waals surface area contributed by atoms with Gasteiger partial charge in [0.05, 0.1) is 30.5 Å². The molecule has 1 unspecified atom stereocenters. The molecule has 3 aliphatic heterocycles. The highest BCUT2D eigenvalue weighted by atomic mass is 32.3. The van der Waals surface area contributed by atoms with Crippen molar-refractivity contribution >= 4 is 16.4 Å². The summed E-state index contributed by atoms with van der Waals surface area (Å²) in [7, 11) is -5.05.